The number of nitrogens with zero attached hydrogens (tertiary/aromatic N) is 1. The molecule has 7 heteroatoms. The minimum absolute atomic E-state index is 0.0122. The number of hydrogen-bond donors (Lipinski definition) is 3. The molecule has 2 fully saturated rings. The minimum atomic E-state index is -0.0122. The maximum Gasteiger partial charge on any atom is 0.282 e. The van der Waals surface area contributed by atoms with Gasteiger partial charge in [0.25, 0.3) is 11.8 Å². The van der Waals surface area contributed by atoms with Gasteiger partial charge in [-0.25, -0.2) is 0 Å². The molecule has 3 aliphatic rings. The Hall–Kier alpha value is -1.89. The van der Waals surface area contributed by atoms with E-state index < -0.39 is 0 Å². The summed E-state index contributed by atoms with van der Waals surface area (Å²) in [7, 11) is 0. The van der Waals surface area contributed by atoms with E-state index in [1.54, 1.807) is 6.07 Å². The standard InChI is InChI=1S/C23H31ClN4O2/c24-20-8-4-5-9-21(20)25-22(29)16-26-12-14-27(15-13-26)17-23(30)28(19-10-11-19)18-6-2-1-3-7-18/h4-6,8-9,19H,1-3,7,10-17H2,(H,25,29)/p+2. The fourth-order valence-corrected chi connectivity index (χ4v) is 4.75. The largest absolute Gasteiger partial charge is 0.320 e. The van der Waals surface area contributed by atoms with Crippen molar-refractivity contribution in [2.45, 2.75) is 44.6 Å². The van der Waals surface area contributed by atoms with Gasteiger partial charge < -0.3 is 20.0 Å². The molecular weight excluding hydrogens is 400 g/mol. The van der Waals surface area contributed by atoms with E-state index in [9.17, 15) is 9.59 Å². The smallest absolute Gasteiger partial charge is 0.282 e. The van der Waals surface area contributed by atoms with Crippen molar-refractivity contribution in [1.29, 1.82) is 0 Å². The SMILES string of the molecule is O=C(C[NH+]1CC[NH+](CC(=O)N(C2=CCCCC2)C2CC2)CC1)Nc1ccccc1Cl. The van der Waals surface area contributed by atoms with Crippen molar-refractivity contribution < 1.29 is 19.4 Å². The molecule has 6 nitrogen and oxygen atoms in total. The Morgan fingerprint density at radius 3 is 2.37 bits per heavy atom. The van der Waals surface area contributed by atoms with Gasteiger partial charge in [0.05, 0.1) is 10.7 Å². The van der Waals surface area contributed by atoms with Crippen molar-refractivity contribution in [3.05, 3.63) is 41.1 Å². The number of carbonyl (C=O) groups excluding carboxylic acids is 2. The van der Waals surface area contributed by atoms with E-state index in [2.05, 4.69) is 16.3 Å². The molecule has 1 saturated heterocycles. The summed E-state index contributed by atoms with van der Waals surface area (Å²) in [6.45, 7) is 4.69. The molecule has 0 spiro atoms. The van der Waals surface area contributed by atoms with Crippen LogP contribution in [0.15, 0.2) is 36.0 Å². The zero-order valence-corrected chi connectivity index (χ0v) is 18.3. The summed E-state index contributed by atoms with van der Waals surface area (Å²) in [6.07, 6.45) is 9.19. The second-order valence-electron chi connectivity index (χ2n) is 8.82. The number of carbonyl (C=O) groups is 2. The van der Waals surface area contributed by atoms with Crippen molar-refractivity contribution in [3.63, 3.8) is 0 Å². The molecular formula is C23H33ClN4O2+2. The molecule has 3 N–H and O–H groups in total. The van der Waals surface area contributed by atoms with Crippen LogP contribution in [0.2, 0.25) is 5.02 Å². The molecule has 1 aliphatic heterocycles. The lowest BCUT2D eigenvalue weighted by Gasteiger charge is -2.32. The fraction of sp³-hybridized carbons (Fsp3) is 0.565. The van der Waals surface area contributed by atoms with Gasteiger partial charge in [0.1, 0.15) is 26.2 Å². The van der Waals surface area contributed by atoms with E-state index >= 15 is 0 Å². The number of allylic oxidation sites excluding steroid dienone is 2. The number of nitrogens with one attached hydrogen (secondary N) is 3. The normalized spacial score (nSPS) is 24.1. The number of halogens is 1. The Balaban J connectivity index is 1.23. The monoisotopic (exact) mass is 432 g/mol. The van der Waals surface area contributed by atoms with Gasteiger partial charge in [0, 0.05) is 11.7 Å². The molecule has 2 aliphatic carbocycles. The molecule has 0 atom stereocenters. The molecule has 1 saturated carbocycles. The average Bonchev–Trinajstić information content (AvgIpc) is 3.57. The van der Waals surface area contributed by atoms with Crippen LogP contribution in [0.25, 0.3) is 0 Å². The average molecular weight is 433 g/mol. The Morgan fingerprint density at radius 2 is 1.73 bits per heavy atom. The van der Waals surface area contributed by atoms with Gasteiger partial charge in [0.2, 0.25) is 0 Å². The van der Waals surface area contributed by atoms with E-state index in [0.717, 1.165) is 51.9 Å². The van der Waals surface area contributed by atoms with Crippen molar-refractivity contribution in [2.75, 3.05) is 44.6 Å². The Labute approximate surface area is 183 Å². The maximum atomic E-state index is 13.1. The lowest BCUT2D eigenvalue weighted by molar-refractivity contribution is -1.00. The van der Waals surface area contributed by atoms with E-state index in [1.165, 1.54) is 28.3 Å². The summed E-state index contributed by atoms with van der Waals surface area (Å²) in [5.41, 5.74) is 1.93. The molecule has 2 amide bonds. The van der Waals surface area contributed by atoms with Gasteiger partial charge in [-0.2, -0.15) is 0 Å². The van der Waals surface area contributed by atoms with Crippen molar-refractivity contribution in [3.8, 4) is 0 Å². The van der Waals surface area contributed by atoms with Crippen LogP contribution in [0, 0.1) is 0 Å². The molecule has 30 heavy (non-hydrogen) atoms. The zero-order chi connectivity index (χ0) is 20.9. The van der Waals surface area contributed by atoms with Crippen LogP contribution in [0.3, 0.4) is 0 Å². The highest BCUT2D eigenvalue weighted by Gasteiger charge is 2.37. The highest BCUT2D eigenvalue weighted by molar-refractivity contribution is 6.33. The number of rotatable bonds is 7. The third-order valence-corrected chi connectivity index (χ3v) is 6.71. The van der Waals surface area contributed by atoms with Crippen LogP contribution in [-0.4, -0.2) is 62.0 Å². The van der Waals surface area contributed by atoms with Gasteiger partial charge in [-0.15, -0.1) is 0 Å². The van der Waals surface area contributed by atoms with E-state index in [4.69, 9.17) is 11.6 Å². The van der Waals surface area contributed by atoms with Gasteiger partial charge in [-0.05, 0) is 50.7 Å². The highest BCUT2D eigenvalue weighted by atomic mass is 35.5. The first-order valence-electron chi connectivity index (χ1n) is 11.3. The molecule has 1 aromatic rings. The first-order chi connectivity index (χ1) is 14.6. The highest BCUT2D eigenvalue weighted by Crippen LogP contribution is 2.33. The topological polar surface area (TPSA) is 58.3 Å². The van der Waals surface area contributed by atoms with E-state index in [-0.39, 0.29) is 5.91 Å². The van der Waals surface area contributed by atoms with Crippen LogP contribution >= 0.6 is 11.6 Å². The summed E-state index contributed by atoms with van der Waals surface area (Å²) >= 11 is 6.12. The van der Waals surface area contributed by atoms with Crippen molar-refractivity contribution >= 4 is 29.1 Å². The second-order valence-corrected chi connectivity index (χ2v) is 9.22. The van der Waals surface area contributed by atoms with Crippen LogP contribution in [-0.2, 0) is 9.59 Å². The molecule has 4 rings (SSSR count). The summed E-state index contributed by atoms with van der Waals surface area (Å²) in [4.78, 5) is 30.2. The lowest BCUT2D eigenvalue weighted by Crippen LogP contribution is -3.28. The quantitative estimate of drug-likeness (QED) is 0.588. The number of benzene rings is 1. The van der Waals surface area contributed by atoms with E-state index in [1.807, 2.05) is 18.2 Å². The lowest BCUT2D eigenvalue weighted by atomic mass is 10.0. The fourth-order valence-electron chi connectivity index (χ4n) is 4.56. The molecule has 0 bridgehead atoms. The third kappa shape index (κ3) is 5.62. The summed E-state index contributed by atoms with van der Waals surface area (Å²) in [5, 5.41) is 3.46. The first kappa shape index (κ1) is 21.3. The number of para-hydroxylation sites is 1. The van der Waals surface area contributed by atoms with Crippen LogP contribution in [0.5, 0.6) is 0 Å². The van der Waals surface area contributed by atoms with Gasteiger partial charge in [-0.3, -0.25) is 9.59 Å². The van der Waals surface area contributed by atoms with Crippen LogP contribution in [0.4, 0.5) is 5.69 Å². The number of piperazine rings is 1. The molecule has 0 aromatic heterocycles. The molecule has 1 aromatic carbocycles. The van der Waals surface area contributed by atoms with Gasteiger partial charge in [0.15, 0.2) is 13.1 Å². The first-order valence-corrected chi connectivity index (χ1v) is 11.7. The number of hydrogen-bond acceptors (Lipinski definition) is 2. The maximum absolute atomic E-state index is 13.1. The number of amides is 2. The Morgan fingerprint density at radius 1 is 1.03 bits per heavy atom. The van der Waals surface area contributed by atoms with Gasteiger partial charge in [-0.1, -0.05) is 29.8 Å². The molecule has 0 unspecified atom stereocenters. The second kappa shape index (κ2) is 9.94. The van der Waals surface area contributed by atoms with Crippen LogP contribution < -0.4 is 15.1 Å². The number of anilines is 1. The van der Waals surface area contributed by atoms with Gasteiger partial charge >= 0.3 is 0 Å². The summed E-state index contributed by atoms with van der Waals surface area (Å²) < 4.78 is 0. The molecule has 1 heterocycles. The predicted octanol–water partition coefficient (Wildman–Crippen LogP) is 0.511. The van der Waals surface area contributed by atoms with Crippen molar-refractivity contribution in [1.82, 2.24) is 4.90 Å². The summed E-state index contributed by atoms with van der Waals surface area (Å²) in [6, 6.07) is 7.75. The third-order valence-electron chi connectivity index (χ3n) is 6.38. The molecule has 0 radical (unpaired) electrons. The molecule has 162 valence electrons. The Bertz CT molecular complexity index is 800. The predicted molar refractivity (Wildman–Crippen MR) is 118 cm³/mol. The van der Waals surface area contributed by atoms with Crippen molar-refractivity contribution in [2.24, 2.45) is 0 Å². The van der Waals surface area contributed by atoms with E-state index in [0.29, 0.717) is 35.7 Å². The number of quaternary nitrogens is 2. The van der Waals surface area contributed by atoms with Crippen LogP contribution in [0.1, 0.15) is 38.5 Å². The zero-order valence-electron chi connectivity index (χ0n) is 17.6. The Kier molecular flexibility index (Phi) is 7.08. The minimum Gasteiger partial charge on any atom is -0.320 e. The summed E-state index contributed by atoms with van der Waals surface area (Å²) in [5.74, 6) is 0.280.